The number of esters is 2. The maximum atomic E-state index is 15.6. The summed E-state index contributed by atoms with van der Waals surface area (Å²) in [6, 6.07) is 17.6. The molecule has 22 heteroatoms. The summed E-state index contributed by atoms with van der Waals surface area (Å²) in [5.74, 6) is -6.29. The minimum absolute atomic E-state index is 0.00318. The average Bonchev–Trinajstić information content (AvgIpc) is 3.69. The van der Waals surface area contributed by atoms with Gasteiger partial charge in [-0.05, 0) is 126 Å². The Morgan fingerprint density at radius 1 is 0.798 bits per heavy atom. The van der Waals surface area contributed by atoms with Crippen molar-refractivity contribution in [3.63, 3.8) is 0 Å². The second-order valence-electron chi connectivity index (χ2n) is 23.8. The van der Waals surface area contributed by atoms with Gasteiger partial charge in [0.25, 0.3) is 11.8 Å². The number of benzene rings is 4. The van der Waals surface area contributed by atoms with Crippen molar-refractivity contribution in [2.45, 2.75) is 142 Å². The monoisotopic (exact) mass is 1240 g/mol. The molecule has 0 spiro atoms. The number of aryl methyl sites for hydroxylation is 1. The van der Waals surface area contributed by atoms with Crippen LogP contribution in [-0.2, 0) is 70.2 Å². The first-order valence-electron chi connectivity index (χ1n) is 30.1. The Bertz CT molecular complexity index is 3160. The summed E-state index contributed by atoms with van der Waals surface area (Å²) in [5.41, 5.74) is -0.874. The number of likely N-dealkylation sites (N-methyl/N-ethyl adjacent to an activating group) is 3. The first kappa shape index (κ1) is 71.4. The van der Waals surface area contributed by atoms with E-state index in [9.17, 15) is 43.2 Å². The highest BCUT2D eigenvalue weighted by atomic mass is 19.1. The first-order chi connectivity index (χ1) is 42.2. The maximum absolute atomic E-state index is 15.6. The number of carbonyl (C=O) groups is 9. The molecule has 0 bridgehead atoms. The molecule has 4 aromatic carbocycles. The van der Waals surface area contributed by atoms with Crippen molar-refractivity contribution in [1.82, 2.24) is 30.2 Å². The fourth-order valence-corrected chi connectivity index (χ4v) is 9.98. The SMILES string of the molecule is C=CC(=O)OCC(C)(C)C(=O)C(=O)N1CCCC[C@H]1C(=O)O[C@H](CCc1cc(OC)c(OC)cc1F)c1cccc(OCC(=O)N(C)[C@@H](CCCC)C(=O)N[C@@H](Cc2ccc3ccccc3c2)C(=O)N(C)[C@@H](COC(C)(C)C)C(=O)NCC(=O)N(C)CC)c1. The van der Waals surface area contributed by atoms with Crippen LogP contribution in [0.15, 0.2) is 91.5 Å². The zero-order chi connectivity index (χ0) is 65.8. The van der Waals surface area contributed by atoms with Crippen LogP contribution in [0.25, 0.3) is 10.8 Å². The third kappa shape index (κ3) is 20.3. The molecule has 2 N–H and O–H groups in total. The number of nitrogens with one attached hydrogen (secondary N) is 2. The van der Waals surface area contributed by atoms with E-state index < -0.39 is 108 Å². The number of Topliss-reactive ketones (excluding diaryl/α,β-unsaturated/α-hetero) is 1. The molecule has 0 saturated carbocycles. The molecule has 484 valence electrons. The molecule has 1 saturated heterocycles. The Morgan fingerprint density at radius 3 is 2.16 bits per heavy atom. The van der Waals surface area contributed by atoms with Gasteiger partial charge in [0.15, 0.2) is 18.1 Å². The van der Waals surface area contributed by atoms with Crippen LogP contribution < -0.4 is 24.8 Å². The number of rotatable bonds is 32. The molecule has 5 rings (SSSR count). The molecule has 1 aliphatic rings. The standard InChI is InChI=1S/C67H89FN6O15/c1-14-17-27-51(62(80)70-50(35-43-29-30-44-23-18-19-24-45(44)34-43)63(81)73(11)53(40-88-66(4,5)6)61(79)69-39-57(75)71(9)16-3)72(10)58(76)41-86-48-26-22-25-47(36-48)54(32-31-46-37-55(84-12)56(85-13)38-49(46)68)89-65(83)52-28-20-21-33-74(52)64(82)60(78)67(7,8)42-87-59(77)15-2/h15,18-19,22-26,29-30,34,36-38,50-54H,2,14,16-17,20-21,27-28,31-33,35,39-42H2,1,3-13H3,(H,69,79)(H,70,80)/t50-,51-,52-,53-,54+/m0/s1. The summed E-state index contributed by atoms with van der Waals surface area (Å²) < 4.78 is 49.9. The number of ether oxygens (including phenoxy) is 6. The van der Waals surface area contributed by atoms with Gasteiger partial charge < -0.3 is 58.7 Å². The van der Waals surface area contributed by atoms with Crippen molar-refractivity contribution in [3.05, 3.63) is 114 Å². The Labute approximate surface area is 521 Å². The van der Waals surface area contributed by atoms with Crippen LogP contribution in [0.1, 0.15) is 116 Å². The van der Waals surface area contributed by atoms with Gasteiger partial charge in [-0.1, -0.05) is 80.9 Å². The van der Waals surface area contributed by atoms with Crippen LogP contribution in [0.3, 0.4) is 0 Å². The second kappa shape index (κ2) is 33.3. The van der Waals surface area contributed by atoms with E-state index in [1.54, 1.807) is 59.0 Å². The Morgan fingerprint density at radius 2 is 1.49 bits per heavy atom. The lowest BCUT2D eigenvalue weighted by Crippen LogP contribution is -2.59. The zero-order valence-corrected chi connectivity index (χ0v) is 53.6. The van der Waals surface area contributed by atoms with E-state index in [-0.39, 0.29) is 80.5 Å². The summed E-state index contributed by atoms with van der Waals surface area (Å²) in [5, 5.41) is 7.46. The molecule has 0 unspecified atom stereocenters. The topological polar surface area (TPSA) is 246 Å². The van der Waals surface area contributed by atoms with Gasteiger partial charge in [-0.3, -0.25) is 33.6 Å². The first-order valence-corrected chi connectivity index (χ1v) is 30.1. The second-order valence-corrected chi connectivity index (χ2v) is 23.8. The predicted octanol–water partition coefficient (Wildman–Crippen LogP) is 7.28. The van der Waals surface area contributed by atoms with Gasteiger partial charge in [-0.25, -0.2) is 14.0 Å². The summed E-state index contributed by atoms with van der Waals surface area (Å²) >= 11 is 0. The molecule has 0 aliphatic carbocycles. The number of unbranched alkanes of at least 4 members (excludes halogenated alkanes) is 1. The number of amides is 6. The largest absolute Gasteiger partial charge is 0.493 e. The molecular formula is C67H89FN6O15. The number of ketones is 1. The van der Waals surface area contributed by atoms with Crippen molar-refractivity contribution < 1.29 is 76.0 Å². The Balaban J connectivity index is 1.42. The zero-order valence-electron chi connectivity index (χ0n) is 53.6. The molecule has 4 aromatic rings. The third-order valence-electron chi connectivity index (χ3n) is 15.6. The molecule has 0 aromatic heterocycles. The smallest absolute Gasteiger partial charge is 0.330 e. The van der Waals surface area contributed by atoms with Crippen molar-refractivity contribution >= 4 is 63.9 Å². The highest BCUT2D eigenvalue weighted by Crippen LogP contribution is 2.34. The Hall–Kier alpha value is -8.40. The van der Waals surface area contributed by atoms with E-state index in [2.05, 4.69) is 17.2 Å². The van der Waals surface area contributed by atoms with Crippen LogP contribution >= 0.6 is 0 Å². The van der Waals surface area contributed by atoms with Crippen LogP contribution in [-0.4, -0.2) is 177 Å². The van der Waals surface area contributed by atoms with Gasteiger partial charge in [-0.15, -0.1) is 0 Å². The summed E-state index contributed by atoms with van der Waals surface area (Å²) in [6.07, 6.45) is 2.40. The van der Waals surface area contributed by atoms with Crippen LogP contribution in [0, 0.1) is 11.2 Å². The lowest BCUT2D eigenvalue weighted by Gasteiger charge is -2.36. The number of fused-ring (bicyclic) bond motifs is 1. The molecule has 6 amide bonds. The number of carbonyl (C=O) groups excluding carboxylic acids is 9. The van der Waals surface area contributed by atoms with Crippen molar-refractivity contribution in [3.8, 4) is 17.2 Å². The number of piperidine rings is 1. The van der Waals surface area contributed by atoms with E-state index in [4.69, 9.17) is 28.4 Å². The van der Waals surface area contributed by atoms with E-state index in [0.717, 1.165) is 16.8 Å². The molecule has 21 nitrogen and oxygen atoms in total. The van der Waals surface area contributed by atoms with Gasteiger partial charge in [0.2, 0.25) is 29.4 Å². The summed E-state index contributed by atoms with van der Waals surface area (Å²) in [4.78, 5) is 130. The van der Waals surface area contributed by atoms with Gasteiger partial charge in [0.05, 0.1) is 38.4 Å². The van der Waals surface area contributed by atoms with E-state index in [0.29, 0.717) is 43.4 Å². The highest BCUT2D eigenvalue weighted by molar-refractivity contribution is 6.38. The molecule has 1 fully saturated rings. The molecule has 89 heavy (non-hydrogen) atoms. The third-order valence-corrected chi connectivity index (χ3v) is 15.6. The molecular weight excluding hydrogens is 1150 g/mol. The number of halogens is 1. The minimum Gasteiger partial charge on any atom is -0.493 e. The summed E-state index contributed by atoms with van der Waals surface area (Å²) in [6.45, 7) is 14.4. The number of hydrogen-bond acceptors (Lipinski definition) is 15. The number of methoxy groups -OCH3 is 2. The average molecular weight is 1240 g/mol. The fraction of sp³-hybridized carbons (Fsp3) is 0.507. The van der Waals surface area contributed by atoms with Gasteiger partial charge in [0.1, 0.15) is 48.4 Å². The molecule has 0 radical (unpaired) electrons. The highest BCUT2D eigenvalue weighted by Gasteiger charge is 2.43. The van der Waals surface area contributed by atoms with E-state index >= 15 is 4.39 Å². The molecule has 1 aliphatic heterocycles. The maximum Gasteiger partial charge on any atom is 0.330 e. The van der Waals surface area contributed by atoms with Crippen LogP contribution in [0.2, 0.25) is 0 Å². The number of nitrogens with zero attached hydrogens (tertiary/aromatic N) is 4. The molecule has 5 atom stereocenters. The lowest BCUT2D eigenvalue weighted by molar-refractivity contribution is -0.165. The van der Waals surface area contributed by atoms with Crippen LogP contribution in [0.5, 0.6) is 17.2 Å². The van der Waals surface area contributed by atoms with Crippen LogP contribution in [0.4, 0.5) is 4.39 Å². The van der Waals surface area contributed by atoms with E-state index in [1.165, 1.54) is 73.9 Å². The molecule has 1 heterocycles. The fourth-order valence-electron chi connectivity index (χ4n) is 9.98. The quantitative estimate of drug-likeness (QED) is 0.0277. The number of likely N-dealkylation sites (tertiary alicyclic amines) is 1. The minimum atomic E-state index is -1.45. The normalized spacial score (nSPS) is 14.6. The van der Waals surface area contributed by atoms with Crippen molar-refractivity contribution in [2.24, 2.45) is 5.41 Å². The summed E-state index contributed by atoms with van der Waals surface area (Å²) in [7, 11) is 7.30. The van der Waals surface area contributed by atoms with Crippen molar-refractivity contribution in [1.29, 1.82) is 0 Å². The van der Waals surface area contributed by atoms with Crippen molar-refractivity contribution in [2.75, 3.05) is 74.8 Å². The predicted molar refractivity (Wildman–Crippen MR) is 332 cm³/mol. The van der Waals surface area contributed by atoms with E-state index in [1.807, 2.05) is 49.4 Å². The van der Waals surface area contributed by atoms with Gasteiger partial charge in [0, 0.05) is 52.8 Å². The van der Waals surface area contributed by atoms with Gasteiger partial charge >= 0.3 is 11.9 Å². The van der Waals surface area contributed by atoms with Gasteiger partial charge in [-0.2, -0.15) is 0 Å². The Kier molecular flexibility index (Phi) is 26.7. The lowest BCUT2D eigenvalue weighted by atomic mass is 9.87. The number of hydrogen-bond donors (Lipinski definition) is 2.